The number of nitrogens with zero attached hydrogens (tertiary/aromatic N) is 2. The molecule has 1 saturated heterocycles. The van der Waals surface area contributed by atoms with Gasteiger partial charge in [0.15, 0.2) is 0 Å². The van der Waals surface area contributed by atoms with Crippen LogP contribution in [0, 0.1) is 5.92 Å². The molecule has 31 heavy (non-hydrogen) atoms. The number of carbonyl (C=O) groups excluding carboxylic acids is 1. The van der Waals surface area contributed by atoms with Crippen LogP contribution in [0.2, 0.25) is 0 Å². The lowest BCUT2D eigenvalue weighted by atomic mass is 9.90. The Morgan fingerprint density at radius 3 is 2.61 bits per heavy atom. The summed E-state index contributed by atoms with van der Waals surface area (Å²) in [6.45, 7) is 3.53. The summed E-state index contributed by atoms with van der Waals surface area (Å²) >= 11 is 0. The molecule has 0 aliphatic carbocycles. The molecule has 2 aliphatic heterocycles. The zero-order valence-electron chi connectivity index (χ0n) is 17.5. The van der Waals surface area contributed by atoms with Crippen molar-refractivity contribution in [2.45, 2.75) is 37.1 Å². The fourth-order valence-electron chi connectivity index (χ4n) is 4.90. The van der Waals surface area contributed by atoms with E-state index in [1.165, 1.54) is 15.4 Å². The lowest BCUT2D eigenvalue weighted by Crippen LogP contribution is -2.46. The number of carbonyl (C=O) groups is 1. The fourth-order valence-corrected chi connectivity index (χ4v) is 6.41. The Morgan fingerprint density at radius 1 is 1.03 bits per heavy atom. The molecule has 162 valence electrons. The van der Waals surface area contributed by atoms with Crippen LogP contribution in [0.3, 0.4) is 0 Å². The van der Waals surface area contributed by atoms with E-state index in [0.717, 1.165) is 18.4 Å². The van der Waals surface area contributed by atoms with Crippen molar-refractivity contribution in [3.63, 3.8) is 0 Å². The first-order valence-electron chi connectivity index (χ1n) is 10.8. The van der Waals surface area contributed by atoms with Crippen LogP contribution in [0.4, 0.5) is 0 Å². The van der Waals surface area contributed by atoms with Crippen LogP contribution >= 0.6 is 0 Å². The maximum atomic E-state index is 13.3. The number of amides is 1. The molecule has 0 bridgehead atoms. The van der Waals surface area contributed by atoms with Gasteiger partial charge in [0.05, 0.1) is 17.2 Å². The van der Waals surface area contributed by atoms with Crippen molar-refractivity contribution in [3.8, 4) is 0 Å². The molecule has 6 nitrogen and oxygen atoms in total. The molecule has 5 rings (SSSR count). The van der Waals surface area contributed by atoms with Gasteiger partial charge in [-0.25, -0.2) is 8.42 Å². The van der Waals surface area contributed by atoms with Crippen LogP contribution in [0.15, 0.2) is 64.1 Å². The Labute approximate surface area is 182 Å². The van der Waals surface area contributed by atoms with Gasteiger partial charge in [0.2, 0.25) is 15.9 Å². The van der Waals surface area contributed by atoms with Gasteiger partial charge in [0.1, 0.15) is 5.58 Å². The van der Waals surface area contributed by atoms with E-state index in [1.54, 1.807) is 30.5 Å². The topological polar surface area (TPSA) is 70.8 Å². The molecule has 1 aromatic heterocycles. The Bertz CT molecular complexity index is 1230. The van der Waals surface area contributed by atoms with Crippen LogP contribution in [0.25, 0.3) is 11.0 Å². The number of rotatable bonds is 3. The van der Waals surface area contributed by atoms with E-state index in [9.17, 15) is 13.2 Å². The maximum Gasteiger partial charge on any atom is 0.243 e. The molecule has 0 spiro atoms. The first-order valence-corrected chi connectivity index (χ1v) is 12.2. The second kappa shape index (κ2) is 7.80. The minimum Gasteiger partial charge on any atom is -0.464 e. The molecule has 0 N–H and O–H groups in total. The van der Waals surface area contributed by atoms with Crippen molar-refractivity contribution in [3.05, 3.63) is 65.9 Å². The molecule has 7 heteroatoms. The van der Waals surface area contributed by atoms with Gasteiger partial charge in [-0.05, 0) is 61.6 Å². The van der Waals surface area contributed by atoms with E-state index in [2.05, 4.69) is 19.1 Å². The van der Waals surface area contributed by atoms with Gasteiger partial charge in [0, 0.05) is 30.9 Å². The zero-order chi connectivity index (χ0) is 21.6. The number of piperidine rings is 1. The minimum absolute atomic E-state index is 0.0564. The third-order valence-corrected chi connectivity index (χ3v) is 8.64. The molecule has 2 aliphatic rings. The maximum absolute atomic E-state index is 13.3. The number of hydrogen-bond acceptors (Lipinski definition) is 4. The summed E-state index contributed by atoms with van der Waals surface area (Å²) in [7, 11) is -3.59. The van der Waals surface area contributed by atoms with E-state index in [1.807, 2.05) is 17.0 Å². The van der Waals surface area contributed by atoms with Crippen LogP contribution in [0.1, 0.15) is 36.9 Å². The number of hydrogen-bond donors (Lipinski definition) is 0. The van der Waals surface area contributed by atoms with Crippen molar-refractivity contribution in [2.24, 2.45) is 5.92 Å². The zero-order valence-corrected chi connectivity index (χ0v) is 18.3. The average Bonchev–Trinajstić information content (AvgIpc) is 3.27. The molecule has 1 amide bonds. The highest BCUT2D eigenvalue weighted by Gasteiger charge is 2.36. The number of sulfonamides is 1. The lowest BCUT2D eigenvalue weighted by Gasteiger charge is -2.39. The molecule has 1 atom stereocenters. The number of furan rings is 1. The van der Waals surface area contributed by atoms with E-state index >= 15 is 0 Å². The normalized spacial score (nSPS) is 20.7. The summed E-state index contributed by atoms with van der Waals surface area (Å²) in [5, 5.41) is 0.769. The average molecular weight is 439 g/mol. The molecule has 1 unspecified atom stereocenters. The predicted molar refractivity (Wildman–Crippen MR) is 118 cm³/mol. The molecule has 1 fully saturated rings. The predicted octanol–water partition coefficient (Wildman–Crippen LogP) is 3.98. The Balaban J connectivity index is 1.27. The smallest absolute Gasteiger partial charge is 0.243 e. The van der Waals surface area contributed by atoms with Crippen molar-refractivity contribution in [2.75, 3.05) is 19.6 Å². The second-order valence-corrected chi connectivity index (χ2v) is 10.4. The number of fused-ring (bicyclic) bond motifs is 2. The van der Waals surface area contributed by atoms with E-state index in [-0.39, 0.29) is 22.8 Å². The van der Waals surface area contributed by atoms with Crippen LogP contribution in [0.5, 0.6) is 0 Å². The summed E-state index contributed by atoms with van der Waals surface area (Å²) < 4.78 is 33.1. The minimum atomic E-state index is -3.59. The molecule has 0 radical (unpaired) electrons. The summed E-state index contributed by atoms with van der Waals surface area (Å²) in [5.41, 5.74) is 3.20. The first kappa shape index (κ1) is 20.3. The van der Waals surface area contributed by atoms with Gasteiger partial charge in [-0.15, -0.1) is 0 Å². The Morgan fingerprint density at radius 2 is 1.81 bits per heavy atom. The fraction of sp³-hybridized carbons (Fsp3) is 0.375. The van der Waals surface area contributed by atoms with Gasteiger partial charge in [-0.1, -0.05) is 24.3 Å². The van der Waals surface area contributed by atoms with Gasteiger partial charge in [-0.2, -0.15) is 4.31 Å². The van der Waals surface area contributed by atoms with Crippen molar-refractivity contribution in [1.82, 2.24) is 9.21 Å². The highest BCUT2D eigenvalue weighted by atomic mass is 32.2. The third-order valence-electron chi connectivity index (χ3n) is 6.74. The van der Waals surface area contributed by atoms with Crippen LogP contribution in [-0.2, 0) is 21.2 Å². The van der Waals surface area contributed by atoms with Gasteiger partial charge >= 0.3 is 0 Å². The summed E-state index contributed by atoms with van der Waals surface area (Å²) in [6, 6.07) is 15.1. The van der Waals surface area contributed by atoms with Gasteiger partial charge in [0.25, 0.3) is 0 Å². The molecule has 3 heterocycles. The SMILES string of the molecule is CC1c2ccccc2CCN1C(=O)C1CCN(S(=O)(=O)c2ccc3occc3c2)CC1. The standard InChI is InChI=1S/C24H26N2O4S/c1-17-22-5-3-2-4-18(22)10-14-26(17)24(27)19-8-12-25(13-9-19)31(28,29)21-6-7-23-20(16-21)11-15-30-23/h2-7,11,15-17,19H,8-10,12-14H2,1H3. The summed E-state index contributed by atoms with van der Waals surface area (Å²) in [6.07, 6.45) is 3.53. The molecule has 3 aromatic rings. The summed E-state index contributed by atoms with van der Waals surface area (Å²) in [5.74, 6) is 0.0226. The molecular formula is C24H26N2O4S. The van der Waals surface area contributed by atoms with Crippen LogP contribution in [-0.4, -0.2) is 43.2 Å². The first-order chi connectivity index (χ1) is 14.9. The van der Waals surface area contributed by atoms with Crippen LogP contribution < -0.4 is 0 Å². The monoisotopic (exact) mass is 438 g/mol. The molecule has 0 saturated carbocycles. The Kier molecular flexibility index (Phi) is 5.10. The highest BCUT2D eigenvalue weighted by Crippen LogP contribution is 2.33. The van der Waals surface area contributed by atoms with Crippen molar-refractivity contribution < 1.29 is 17.6 Å². The van der Waals surface area contributed by atoms with E-state index < -0.39 is 10.0 Å². The highest BCUT2D eigenvalue weighted by molar-refractivity contribution is 7.89. The summed E-state index contributed by atoms with van der Waals surface area (Å²) in [4.78, 5) is 15.5. The van der Waals surface area contributed by atoms with Crippen molar-refractivity contribution in [1.29, 1.82) is 0 Å². The lowest BCUT2D eigenvalue weighted by molar-refractivity contribution is -0.139. The van der Waals surface area contributed by atoms with Gasteiger partial charge < -0.3 is 9.32 Å². The number of benzene rings is 2. The van der Waals surface area contributed by atoms with E-state index in [4.69, 9.17) is 4.42 Å². The Hall–Kier alpha value is -2.64. The quantitative estimate of drug-likeness (QED) is 0.620. The molecular weight excluding hydrogens is 412 g/mol. The second-order valence-electron chi connectivity index (χ2n) is 8.46. The molecule has 2 aromatic carbocycles. The largest absolute Gasteiger partial charge is 0.464 e. The van der Waals surface area contributed by atoms with Gasteiger partial charge in [-0.3, -0.25) is 4.79 Å². The van der Waals surface area contributed by atoms with E-state index in [0.29, 0.717) is 31.5 Å². The van der Waals surface area contributed by atoms with Crippen molar-refractivity contribution >= 4 is 26.9 Å². The third kappa shape index (κ3) is 3.55.